The summed E-state index contributed by atoms with van der Waals surface area (Å²) in [4.78, 5) is 10.3. The van der Waals surface area contributed by atoms with Gasteiger partial charge >= 0.3 is 0 Å². The summed E-state index contributed by atoms with van der Waals surface area (Å²) in [6.45, 7) is 0.452. The average molecular weight is 653 g/mol. The average Bonchev–Trinajstić information content (AvgIpc) is 3.04. The fourth-order valence-electron chi connectivity index (χ4n) is 3.00. The molecule has 0 aliphatic rings. The molecule has 0 aliphatic carbocycles. The summed E-state index contributed by atoms with van der Waals surface area (Å²) in [7, 11) is 0. The first-order valence-electron chi connectivity index (χ1n) is 14.3. The lowest BCUT2D eigenvalue weighted by Gasteiger charge is -2.21. The Morgan fingerprint density at radius 1 is 0.455 bits per heavy atom. The standard InChI is InChI=1S/C26H52O18/c27-1-3-34-5-6-36-19-23(21-38-8-10-41-24(32)15-29)39-9-7-37-20-22(18-35-4-2-28)40-11-13-43-26(17-31)44-14-12-42-25(33)16-30/h1,22-26,28-33H,2-21H2. The summed E-state index contributed by atoms with van der Waals surface area (Å²) < 4.78 is 59.1. The maximum atomic E-state index is 10.3. The molecule has 5 atom stereocenters. The molecule has 18 nitrogen and oxygen atoms in total. The zero-order valence-electron chi connectivity index (χ0n) is 25.2. The van der Waals surface area contributed by atoms with Gasteiger partial charge in [0.15, 0.2) is 18.9 Å². The van der Waals surface area contributed by atoms with E-state index in [0.717, 1.165) is 0 Å². The summed E-state index contributed by atoms with van der Waals surface area (Å²) in [5.41, 5.74) is 0. The summed E-state index contributed by atoms with van der Waals surface area (Å²) >= 11 is 0. The van der Waals surface area contributed by atoms with Crippen LogP contribution < -0.4 is 0 Å². The Labute approximate surface area is 257 Å². The zero-order chi connectivity index (χ0) is 32.5. The third kappa shape index (κ3) is 28.5. The Hall–Kier alpha value is -1.01. The maximum Gasteiger partial charge on any atom is 0.180 e. The number of hydrogen-bond donors (Lipinski definition) is 6. The predicted octanol–water partition coefficient (Wildman–Crippen LogP) is -3.96. The van der Waals surface area contributed by atoms with E-state index >= 15 is 0 Å². The van der Waals surface area contributed by atoms with Crippen LogP contribution in [0.15, 0.2) is 0 Å². The summed E-state index contributed by atoms with van der Waals surface area (Å²) in [6.07, 6.45) is -3.82. The molecule has 0 bridgehead atoms. The summed E-state index contributed by atoms with van der Waals surface area (Å²) in [5.74, 6) is 0. The van der Waals surface area contributed by atoms with Gasteiger partial charge in [0.05, 0.1) is 126 Å². The molecule has 6 N–H and O–H groups in total. The van der Waals surface area contributed by atoms with E-state index in [9.17, 15) is 15.0 Å². The molecule has 0 amide bonds. The lowest BCUT2D eigenvalue weighted by Crippen LogP contribution is -2.31. The molecular weight excluding hydrogens is 600 g/mol. The number of aliphatic hydroxyl groups is 6. The third-order valence-electron chi connectivity index (χ3n) is 5.03. The van der Waals surface area contributed by atoms with Gasteiger partial charge < -0.3 is 87.5 Å². The van der Waals surface area contributed by atoms with E-state index in [0.29, 0.717) is 6.29 Å². The van der Waals surface area contributed by atoms with Crippen molar-refractivity contribution in [3.05, 3.63) is 0 Å². The van der Waals surface area contributed by atoms with E-state index in [4.69, 9.17) is 72.5 Å². The van der Waals surface area contributed by atoms with Gasteiger partial charge in [-0.15, -0.1) is 0 Å². The normalized spacial score (nSPS) is 15.2. The Balaban J connectivity index is 4.41. The monoisotopic (exact) mass is 652 g/mol. The minimum atomic E-state index is -1.31. The first kappa shape index (κ1) is 43.0. The highest BCUT2D eigenvalue weighted by atomic mass is 16.7. The van der Waals surface area contributed by atoms with E-state index < -0.39 is 50.9 Å². The Morgan fingerprint density at radius 2 is 0.841 bits per heavy atom. The Kier molecular flexibility index (Phi) is 32.6. The fourth-order valence-corrected chi connectivity index (χ4v) is 3.00. The minimum Gasteiger partial charge on any atom is -0.394 e. The van der Waals surface area contributed by atoms with Crippen LogP contribution in [0.2, 0.25) is 0 Å². The highest BCUT2D eigenvalue weighted by molar-refractivity contribution is 5.50. The van der Waals surface area contributed by atoms with E-state index in [1.807, 2.05) is 0 Å². The second kappa shape index (κ2) is 33.4. The second-order valence-electron chi connectivity index (χ2n) is 8.62. The number of carbonyl (C=O) groups excluding carboxylic acids is 1. The minimum absolute atomic E-state index is 0.00691. The van der Waals surface area contributed by atoms with Gasteiger partial charge in [-0.05, 0) is 0 Å². The molecule has 0 aromatic heterocycles. The number of carbonyl (C=O) groups is 1. The summed E-state index contributed by atoms with van der Waals surface area (Å²) in [5, 5.41) is 54.2. The molecule has 0 saturated heterocycles. The van der Waals surface area contributed by atoms with Crippen molar-refractivity contribution in [2.45, 2.75) is 31.1 Å². The van der Waals surface area contributed by atoms with E-state index in [1.54, 1.807) is 0 Å². The lowest BCUT2D eigenvalue weighted by atomic mass is 10.4. The van der Waals surface area contributed by atoms with Gasteiger partial charge in [-0.3, -0.25) is 0 Å². The molecule has 0 saturated carbocycles. The van der Waals surface area contributed by atoms with Crippen molar-refractivity contribution in [2.75, 3.05) is 132 Å². The van der Waals surface area contributed by atoms with Crippen molar-refractivity contribution in [3.8, 4) is 0 Å². The van der Waals surface area contributed by atoms with Gasteiger partial charge in [-0.2, -0.15) is 0 Å². The van der Waals surface area contributed by atoms with Crippen molar-refractivity contribution in [3.63, 3.8) is 0 Å². The molecule has 0 spiro atoms. The highest BCUT2D eigenvalue weighted by Crippen LogP contribution is 2.01. The van der Waals surface area contributed by atoms with Crippen LogP contribution in [-0.4, -0.2) is 200 Å². The zero-order valence-corrected chi connectivity index (χ0v) is 25.2. The molecule has 0 radical (unpaired) electrons. The predicted molar refractivity (Wildman–Crippen MR) is 148 cm³/mol. The Morgan fingerprint density at radius 3 is 1.30 bits per heavy atom. The second-order valence-corrected chi connectivity index (χ2v) is 8.62. The molecule has 18 heteroatoms. The number of aldehydes is 1. The molecule has 0 aromatic carbocycles. The van der Waals surface area contributed by atoms with Crippen LogP contribution in [0.5, 0.6) is 0 Å². The van der Waals surface area contributed by atoms with Crippen LogP contribution in [0.1, 0.15) is 0 Å². The molecule has 5 unspecified atom stereocenters. The molecule has 0 heterocycles. The van der Waals surface area contributed by atoms with E-state index in [1.165, 1.54) is 0 Å². The van der Waals surface area contributed by atoms with Crippen LogP contribution in [0.25, 0.3) is 0 Å². The van der Waals surface area contributed by atoms with E-state index in [-0.39, 0.29) is 112 Å². The van der Waals surface area contributed by atoms with Crippen molar-refractivity contribution >= 4 is 6.29 Å². The van der Waals surface area contributed by atoms with Crippen LogP contribution in [0.4, 0.5) is 0 Å². The molecule has 264 valence electrons. The largest absolute Gasteiger partial charge is 0.394 e. The Bertz CT molecular complexity index is 591. The van der Waals surface area contributed by atoms with Gasteiger partial charge in [0, 0.05) is 0 Å². The lowest BCUT2D eigenvalue weighted by molar-refractivity contribution is -0.193. The van der Waals surface area contributed by atoms with Crippen LogP contribution in [0, 0.1) is 0 Å². The van der Waals surface area contributed by atoms with Crippen molar-refractivity contribution in [1.82, 2.24) is 0 Å². The van der Waals surface area contributed by atoms with Gasteiger partial charge in [0.25, 0.3) is 0 Å². The first-order chi connectivity index (χ1) is 21.5. The highest BCUT2D eigenvalue weighted by Gasteiger charge is 2.14. The van der Waals surface area contributed by atoms with Crippen LogP contribution in [0.3, 0.4) is 0 Å². The number of aliphatic hydroxyl groups excluding tert-OH is 6. The molecule has 44 heavy (non-hydrogen) atoms. The topological polar surface area (TPSA) is 240 Å². The number of ether oxygens (including phenoxy) is 11. The molecular formula is C26H52O18. The van der Waals surface area contributed by atoms with Gasteiger partial charge in [-0.1, -0.05) is 0 Å². The van der Waals surface area contributed by atoms with Crippen molar-refractivity contribution < 1.29 is 87.5 Å². The van der Waals surface area contributed by atoms with Crippen molar-refractivity contribution in [1.29, 1.82) is 0 Å². The first-order valence-corrected chi connectivity index (χ1v) is 14.3. The van der Waals surface area contributed by atoms with Gasteiger partial charge in [0.1, 0.15) is 25.1 Å². The fraction of sp³-hybridized carbons (Fsp3) is 0.962. The van der Waals surface area contributed by atoms with Crippen LogP contribution in [-0.2, 0) is 56.9 Å². The number of rotatable bonds is 36. The number of hydrogen-bond acceptors (Lipinski definition) is 18. The summed E-state index contributed by atoms with van der Waals surface area (Å²) in [6, 6.07) is 0. The van der Waals surface area contributed by atoms with Gasteiger partial charge in [0.2, 0.25) is 0 Å². The van der Waals surface area contributed by atoms with Crippen LogP contribution >= 0.6 is 0 Å². The molecule has 0 aromatic rings. The SMILES string of the molecule is O=CCOCCOCC(COCCOC(O)CO)OCCOCC(COCCO)OCCOC(CO)OCCOC(O)CO. The van der Waals surface area contributed by atoms with E-state index in [2.05, 4.69) is 0 Å². The van der Waals surface area contributed by atoms with Crippen molar-refractivity contribution in [2.24, 2.45) is 0 Å². The quantitative estimate of drug-likeness (QED) is 0.0215. The van der Waals surface area contributed by atoms with Gasteiger partial charge in [-0.25, -0.2) is 0 Å². The third-order valence-corrected chi connectivity index (χ3v) is 5.03. The molecule has 0 fully saturated rings. The smallest absolute Gasteiger partial charge is 0.180 e. The maximum absolute atomic E-state index is 10.3. The molecule has 0 aliphatic heterocycles. The molecule has 0 rings (SSSR count).